The lowest BCUT2D eigenvalue weighted by Gasteiger charge is -2.30. The van der Waals surface area contributed by atoms with E-state index in [9.17, 15) is 0 Å². The summed E-state index contributed by atoms with van der Waals surface area (Å²) in [5, 5.41) is 0. The smallest absolute Gasteiger partial charge is 0.111 e. The van der Waals surface area contributed by atoms with E-state index in [1.165, 1.54) is 49.0 Å². The van der Waals surface area contributed by atoms with Crippen molar-refractivity contribution in [2.45, 2.75) is 58.4 Å². The Hall–Kier alpha value is -1.02. The highest BCUT2D eigenvalue weighted by atomic mass is 35.5. The minimum atomic E-state index is 0.609. The number of aryl methyl sites for hydroxylation is 2. The van der Waals surface area contributed by atoms with Crippen molar-refractivity contribution in [2.75, 3.05) is 5.88 Å². The molecule has 0 unspecified atom stereocenters. The van der Waals surface area contributed by atoms with Crippen LogP contribution >= 0.6 is 11.6 Å². The lowest BCUT2D eigenvalue weighted by molar-refractivity contribution is 0.270. The molecule has 1 aromatic carbocycles. The van der Waals surface area contributed by atoms with Gasteiger partial charge in [0.15, 0.2) is 0 Å². The SMILES string of the molecule is CCC1CCC(n2c(CCCl)nc3ccc(C)cc32)CC1. The van der Waals surface area contributed by atoms with Crippen LogP contribution < -0.4 is 0 Å². The topological polar surface area (TPSA) is 17.8 Å². The van der Waals surface area contributed by atoms with Gasteiger partial charge in [-0.2, -0.15) is 0 Å². The van der Waals surface area contributed by atoms with Crippen molar-refractivity contribution in [3.05, 3.63) is 29.6 Å². The van der Waals surface area contributed by atoms with Crippen LogP contribution in [0.2, 0.25) is 0 Å². The maximum Gasteiger partial charge on any atom is 0.111 e. The minimum absolute atomic E-state index is 0.609. The van der Waals surface area contributed by atoms with Crippen molar-refractivity contribution < 1.29 is 0 Å². The number of hydrogen-bond donors (Lipinski definition) is 0. The molecule has 0 radical (unpaired) electrons. The second kappa shape index (κ2) is 6.39. The van der Waals surface area contributed by atoms with Gasteiger partial charge in [0.25, 0.3) is 0 Å². The van der Waals surface area contributed by atoms with Gasteiger partial charge in [0.2, 0.25) is 0 Å². The number of imidazole rings is 1. The van der Waals surface area contributed by atoms with Gasteiger partial charge in [-0.05, 0) is 56.2 Å². The molecule has 1 fully saturated rings. The summed E-state index contributed by atoms with van der Waals surface area (Å²) < 4.78 is 2.50. The van der Waals surface area contributed by atoms with Gasteiger partial charge in [-0.15, -0.1) is 11.6 Å². The van der Waals surface area contributed by atoms with E-state index in [2.05, 4.69) is 36.6 Å². The molecular weight excluding hydrogens is 280 g/mol. The summed E-state index contributed by atoms with van der Waals surface area (Å²) in [6.45, 7) is 4.48. The molecule has 1 aliphatic carbocycles. The van der Waals surface area contributed by atoms with Crippen LogP contribution in [0.15, 0.2) is 18.2 Å². The van der Waals surface area contributed by atoms with Gasteiger partial charge >= 0.3 is 0 Å². The number of alkyl halides is 1. The average Bonchev–Trinajstić information content (AvgIpc) is 2.85. The molecule has 0 atom stereocenters. The van der Waals surface area contributed by atoms with Crippen LogP contribution in [0.4, 0.5) is 0 Å². The fraction of sp³-hybridized carbons (Fsp3) is 0.611. The molecule has 3 rings (SSSR count). The summed E-state index contributed by atoms with van der Waals surface area (Å²) in [5.41, 5.74) is 3.73. The van der Waals surface area contributed by atoms with Gasteiger partial charge in [0, 0.05) is 18.3 Å². The molecule has 2 aromatic rings. The molecule has 2 nitrogen and oxygen atoms in total. The quantitative estimate of drug-likeness (QED) is 0.704. The average molecular weight is 305 g/mol. The van der Waals surface area contributed by atoms with E-state index >= 15 is 0 Å². The Balaban J connectivity index is 1.98. The molecule has 0 saturated heterocycles. The van der Waals surface area contributed by atoms with Crippen LogP contribution in [0.5, 0.6) is 0 Å². The number of hydrogen-bond acceptors (Lipinski definition) is 1. The molecule has 0 bridgehead atoms. The predicted molar refractivity (Wildman–Crippen MR) is 90.2 cm³/mol. The molecule has 1 aliphatic rings. The number of aromatic nitrogens is 2. The van der Waals surface area contributed by atoms with Gasteiger partial charge in [-0.25, -0.2) is 4.98 Å². The predicted octanol–water partition coefficient (Wildman–Crippen LogP) is 5.27. The Bertz CT molecular complexity index is 609. The molecule has 1 aromatic heterocycles. The second-order valence-corrected chi connectivity index (χ2v) is 6.79. The second-order valence-electron chi connectivity index (χ2n) is 6.41. The Morgan fingerprint density at radius 2 is 2.00 bits per heavy atom. The molecule has 0 amide bonds. The van der Waals surface area contributed by atoms with Gasteiger partial charge in [-0.3, -0.25) is 0 Å². The highest BCUT2D eigenvalue weighted by molar-refractivity contribution is 6.17. The number of fused-ring (bicyclic) bond motifs is 1. The largest absolute Gasteiger partial charge is 0.325 e. The van der Waals surface area contributed by atoms with E-state index in [0.717, 1.165) is 17.9 Å². The fourth-order valence-corrected chi connectivity index (χ4v) is 3.90. The molecule has 1 heterocycles. The first-order valence-electron chi connectivity index (χ1n) is 8.26. The van der Waals surface area contributed by atoms with Crippen molar-refractivity contribution in [1.82, 2.24) is 9.55 Å². The van der Waals surface area contributed by atoms with E-state index in [-0.39, 0.29) is 0 Å². The minimum Gasteiger partial charge on any atom is -0.325 e. The zero-order valence-corrected chi connectivity index (χ0v) is 13.9. The Kier molecular flexibility index (Phi) is 4.54. The van der Waals surface area contributed by atoms with Gasteiger partial charge in [-0.1, -0.05) is 19.4 Å². The zero-order chi connectivity index (χ0) is 14.8. The standard InChI is InChI=1S/C18H25ClN2/c1-3-14-5-7-15(8-6-14)21-17-12-13(2)4-9-16(17)20-18(21)10-11-19/h4,9,12,14-15H,3,5-8,10-11H2,1-2H3. The van der Waals surface area contributed by atoms with Crippen LogP contribution in [-0.2, 0) is 6.42 Å². The number of rotatable bonds is 4. The first-order valence-corrected chi connectivity index (χ1v) is 8.79. The lowest BCUT2D eigenvalue weighted by Crippen LogP contribution is -2.19. The Morgan fingerprint density at radius 1 is 1.24 bits per heavy atom. The zero-order valence-electron chi connectivity index (χ0n) is 13.1. The third-order valence-corrected chi connectivity index (χ3v) is 5.18. The maximum absolute atomic E-state index is 6.00. The fourth-order valence-electron chi connectivity index (χ4n) is 3.73. The van der Waals surface area contributed by atoms with Crippen molar-refractivity contribution in [2.24, 2.45) is 5.92 Å². The van der Waals surface area contributed by atoms with Crippen molar-refractivity contribution >= 4 is 22.6 Å². The van der Waals surface area contributed by atoms with E-state index in [1.54, 1.807) is 0 Å². The van der Waals surface area contributed by atoms with E-state index < -0.39 is 0 Å². The summed E-state index contributed by atoms with van der Waals surface area (Å²) in [7, 11) is 0. The maximum atomic E-state index is 6.00. The highest BCUT2D eigenvalue weighted by Crippen LogP contribution is 2.36. The van der Waals surface area contributed by atoms with Crippen LogP contribution in [-0.4, -0.2) is 15.4 Å². The molecular formula is C18H25ClN2. The molecule has 114 valence electrons. The molecule has 0 spiro atoms. The monoisotopic (exact) mass is 304 g/mol. The first-order chi connectivity index (χ1) is 10.2. The van der Waals surface area contributed by atoms with E-state index in [0.29, 0.717) is 11.9 Å². The number of halogens is 1. The van der Waals surface area contributed by atoms with Crippen molar-refractivity contribution in [3.63, 3.8) is 0 Å². The number of nitrogens with zero attached hydrogens (tertiary/aromatic N) is 2. The van der Waals surface area contributed by atoms with Gasteiger partial charge in [0.1, 0.15) is 5.82 Å². The summed E-state index contributed by atoms with van der Waals surface area (Å²) in [5.74, 6) is 2.74. The first kappa shape index (κ1) is 14.9. The summed E-state index contributed by atoms with van der Waals surface area (Å²) >= 11 is 6.00. The van der Waals surface area contributed by atoms with Gasteiger partial charge in [0.05, 0.1) is 11.0 Å². The summed E-state index contributed by atoms with van der Waals surface area (Å²) in [6.07, 6.45) is 7.47. The Morgan fingerprint density at radius 3 is 2.67 bits per heavy atom. The van der Waals surface area contributed by atoms with E-state index in [4.69, 9.17) is 16.6 Å². The normalized spacial score (nSPS) is 22.8. The third-order valence-electron chi connectivity index (χ3n) is 4.99. The van der Waals surface area contributed by atoms with Crippen molar-refractivity contribution in [1.29, 1.82) is 0 Å². The van der Waals surface area contributed by atoms with E-state index in [1.807, 2.05) is 0 Å². The molecule has 1 saturated carbocycles. The van der Waals surface area contributed by atoms with Crippen LogP contribution in [0, 0.1) is 12.8 Å². The highest BCUT2D eigenvalue weighted by Gasteiger charge is 2.24. The molecule has 0 aliphatic heterocycles. The molecule has 3 heteroatoms. The lowest BCUT2D eigenvalue weighted by atomic mass is 9.84. The molecule has 21 heavy (non-hydrogen) atoms. The summed E-state index contributed by atoms with van der Waals surface area (Å²) in [4.78, 5) is 4.84. The van der Waals surface area contributed by atoms with Crippen LogP contribution in [0.3, 0.4) is 0 Å². The number of benzene rings is 1. The Labute approximate surface area is 132 Å². The van der Waals surface area contributed by atoms with Crippen molar-refractivity contribution in [3.8, 4) is 0 Å². The molecule has 0 N–H and O–H groups in total. The third kappa shape index (κ3) is 2.96. The summed E-state index contributed by atoms with van der Waals surface area (Å²) in [6, 6.07) is 7.19. The van der Waals surface area contributed by atoms with Crippen LogP contribution in [0.1, 0.15) is 56.5 Å². The van der Waals surface area contributed by atoms with Gasteiger partial charge < -0.3 is 4.57 Å². The van der Waals surface area contributed by atoms with Crippen LogP contribution in [0.25, 0.3) is 11.0 Å².